The molecule has 1 fully saturated rings. The van der Waals surface area contributed by atoms with Crippen molar-refractivity contribution in [3.05, 3.63) is 71.2 Å². The Hall–Kier alpha value is -3.75. The van der Waals surface area contributed by atoms with Crippen LogP contribution in [0, 0.1) is 0 Å². The number of anilines is 1. The number of carboxylic acid groups (broad SMARTS) is 1. The number of alkyl halides is 3. The largest absolute Gasteiger partial charge is 0.477 e. The van der Waals surface area contributed by atoms with Crippen molar-refractivity contribution in [2.75, 3.05) is 5.73 Å². The van der Waals surface area contributed by atoms with Crippen molar-refractivity contribution in [3.8, 4) is 22.3 Å². The van der Waals surface area contributed by atoms with Crippen LogP contribution in [0.3, 0.4) is 0 Å². The summed E-state index contributed by atoms with van der Waals surface area (Å²) in [6, 6.07) is 7.85. The van der Waals surface area contributed by atoms with Crippen molar-refractivity contribution in [1.82, 2.24) is 9.55 Å². The maximum absolute atomic E-state index is 14.4. The molecule has 1 aromatic carbocycles. The molecule has 1 aliphatic heterocycles. The third-order valence-electron chi connectivity index (χ3n) is 6.32. The van der Waals surface area contributed by atoms with E-state index in [9.17, 15) is 23.1 Å². The second-order valence-corrected chi connectivity index (χ2v) is 8.48. The number of benzene rings is 1. The van der Waals surface area contributed by atoms with E-state index in [0.29, 0.717) is 29.1 Å². The van der Waals surface area contributed by atoms with Crippen LogP contribution in [0.2, 0.25) is 0 Å². The molecule has 0 atom stereocenters. The van der Waals surface area contributed by atoms with Crippen LogP contribution in [0.25, 0.3) is 22.3 Å². The Morgan fingerprint density at radius 2 is 1.94 bits per heavy atom. The summed E-state index contributed by atoms with van der Waals surface area (Å²) in [4.78, 5) is 16.8. The van der Waals surface area contributed by atoms with Gasteiger partial charge in [0, 0.05) is 34.7 Å². The van der Waals surface area contributed by atoms with Gasteiger partial charge in [0.2, 0.25) is 0 Å². The van der Waals surface area contributed by atoms with E-state index in [2.05, 4.69) is 4.98 Å². The van der Waals surface area contributed by atoms with Crippen LogP contribution in [0.15, 0.2) is 47.3 Å². The maximum Gasteiger partial charge on any atom is 0.417 e. The lowest BCUT2D eigenvalue weighted by Crippen LogP contribution is -2.14. The quantitative estimate of drug-likeness (QED) is 0.336. The van der Waals surface area contributed by atoms with Crippen LogP contribution in [-0.2, 0) is 19.1 Å². The van der Waals surface area contributed by atoms with Crippen LogP contribution in [0.4, 0.5) is 18.9 Å². The van der Waals surface area contributed by atoms with Crippen molar-refractivity contribution in [3.63, 3.8) is 0 Å². The molecule has 3 N–H and O–H groups in total. The van der Waals surface area contributed by atoms with Gasteiger partial charge in [0.1, 0.15) is 5.82 Å². The van der Waals surface area contributed by atoms with Gasteiger partial charge in [-0.15, -0.1) is 0 Å². The first-order valence-corrected chi connectivity index (χ1v) is 11.0. The van der Waals surface area contributed by atoms with Gasteiger partial charge in [0.25, 0.3) is 0 Å². The zero-order valence-electron chi connectivity index (χ0n) is 18.3. The first-order valence-electron chi connectivity index (χ1n) is 11.0. The molecular weight excluding hydrogens is 447 g/mol. The Bertz CT molecular complexity index is 1370. The summed E-state index contributed by atoms with van der Waals surface area (Å²) in [6.45, 7) is 1.76. The minimum absolute atomic E-state index is 0.0369. The molecule has 0 spiro atoms. The first kappa shape index (κ1) is 22.1. The highest BCUT2D eigenvalue weighted by atomic mass is 19.4. The molecule has 0 saturated heterocycles. The lowest BCUT2D eigenvalue weighted by atomic mass is 9.98. The Morgan fingerprint density at radius 3 is 2.56 bits per heavy atom. The van der Waals surface area contributed by atoms with E-state index in [1.165, 1.54) is 16.9 Å². The molecule has 1 saturated carbocycles. The molecule has 1 aromatic heterocycles. The molecule has 2 aromatic rings. The monoisotopic (exact) mass is 469 g/mol. The average molecular weight is 469 g/mol. The number of rotatable bonds is 6. The third-order valence-corrected chi connectivity index (χ3v) is 6.32. The summed E-state index contributed by atoms with van der Waals surface area (Å²) in [5, 5.41) is 10.0. The van der Waals surface area contributed by atoms with E-state index in [1.807, 2.05) is 6.92 Å². The smallest absolute Gasteiger partial charge is 0.417 e. The van der Waals surface area contributed by atoms with Gasteiger partial charge in [-0.1, -0.05) is 25.1 Å². The Labute approximate surface area is 193 Å². The minimum Gasteiger partial charge on any atom is -0.477 e. The molecule has 5 rings (SSSR count). The molecule has 3 aliphatic rings. The number of hydrogen-bond acceptors (Lipinski definition) is 4. The van der Waals surface area contributed by atoms with E-state index in [4.69, 9.17) is 10.2 Å². The van der Waals surface area contributed by atoms with Gasteiger partial charge in [-0.2, -0.15) is 13.2 Å². The molecule has 0 radical (unpaired) electrons. The fourth-order valence-electron chi connectivity index (χ4n) is 4.71. The number of carboxylic acids is 1. The second kappa shape index (κ2) is 7.93. The molecule has 0 amide bonds. The van der Waals surface area contributed by atoms with Gasteiger partial charge < -0.3 is 19.8 Å². The number of halogens is 3. The molecule has 34 heavy (non-hydrogen) atoms. The number of aromatic carboxylic acids is 1. The van der Waals surface area contributed by atoms with Crippen molar-refractivity contribution in [2.45, 2.75) is 44.8 Å². The predicted molar refractivity (Wildman–Crippen MR) is 120 cm³/mol. The summed E-state index contributed by atoms with van der Waals surface area (Å²) in [5.41, 5.74) is 6.75. The highest BCUT2D eigenvalue weighted by Crippen LogP contribution is 2.51. The number of nitrogen functional groups attached to an aromatic ring is 1. The Morgan fingerprint density at radius 1 is 1.21 bits per heavy atom. The maximum atomic E-state index is 14.4. The van der Waals surface area contributed by atoms with Gasteiger partial charge in [-0.3, -0.25) is 0 Å². The fourth-order valence-corrected chi connectivity index (χ4v) is 4.71. The molecule has 2 aliphatic carbocycles. The van der Waals surface area contributed by atoms with E-state index in [1.54, 1.807) is 24.3 Å². The van der Waals surface area contributed by atoms with Crippen LogP contribution < -0.4 is 5.73 Å². The molecular formula is C25H22F3N3O3. The van der Waals surface area contributed by atoms with Crippen LogP contribution >= 0.6 is 0 Å². The summed E-state index contributed by atoms with van der Waals surface area (Å²) < 4.78 is 49.9. The SMILES string of the molecule is CCc1nc(C2CC2)c(C(=O)O)n1Cc1c2ccocc-2c(C(F)(F)F)c1-c1ccccc1N. The van der Waals surface area contributed by atoms with E-state index in [0.717, 1.165) is 19.1 Å². The highest BCUT2D eigenvalue weighted by molar-refractivity contribution is 5.94. The average Bonchev–Trinajstić information content (AvgIpc) is 3.49. The highest BCUT2D eigenvalue weighted by Gasteiger charge is 2.42. The van der Waals surface area contributed by atoms with Crippen molar-refractivity contribution in [1.29, 1.82) is 0 Å². The number of aromatic nitrogens is 2. The topological polar surface area (TPSA) is 94.3 Å². The van der Waals surface area contributed by atoms with Crippen LogP contribution in [-0.4, -0.2) is 20.6 Å². The van der Waals surface area contributed by atoms with E-state index >= 15 is 0 Å². The van der Waals surface area contributed by atoms with Gasteiger partial charge in [0.15, 0.2) is 5.69 Å². The second-order valence-electron chi connectivity index (χ2n) is 8.48. The van der Waals surface area contributed by atoms with E-state index in [-0.39, 0.29) is 40.5 Å². The Balaban J connectivity index is 1.82. The summed E-state index contributed by atoms with van der Waals surface area (Å²) in [7, 11) is 0. The third kappa shape index (κ3) is 3.52. The normalized spacial score (nSPS) is 14.1. The van der Waals surface area contributed by atoms with Crippen LogP contribution in [0.5, 0.6) is 0 Å². The molecule has 0 bridgehead atoms. The van der Waals surface area contributed by atoms with Gasteiger partial charge in [-0.25, -0.2) is 9.78 Å². The lowest BCUT2D eigenvalue weighted by Gasteiger charge is -2.15. The minimum atomic E-state index is -4.69. The number of aryl methyl sites for hydroxylation is 1. The first-order chi connectivity index (χ1) is 16.2. The van der Waals surface area contributed by atoms with Gasteiger partial charge in [-0.05, 0) is 36.1 Å². The standard InChI is InChI=1S/C25H22F3N3O3/c1-2-19-30-22(13-7-8-13)23(24(32)33)31(19)11-16-14-9-10-34-12-17(14)21(25(26,27)28)20(16)15-5-3-4-6-18(15)29/h3-6,9-10,12-13H,2,7-8,11,29H2,1H3,(H,32,33). The van der Waals surface area contributed by atoms with Gasteiger partial charge in [0.05, 0.1) is 30.3 Å². The number of imidazole rings is 1. The summed E-state index contributed by atoms with van der Waals surface area (Å²) >= 11 is 0. The number of para-hydroxylation sites is 1. The molecule has 6 nitrogen and oxygen atoms in total. The molecule has 9 heteroatoms. The van der Waals surface area contributed by atoms with Crippen molar-refractivity contribution >= 4 is 11.7 Å². The number of nitrogens with two attached hydrogens (primary N) is 1. The van der Waals surface area contributed by atoms with Crippen molar-refractivity contribution in [2.24, 2.45) is 0 Å². The zero-order chi connectivity index (χ0) is 24.2. The number of nitrogens with zero attached hydrogens (tertiary/aromatic N) is 2. The van der Waals surface area contributed by atoms with E-state index < -0.39 is 17.7 Å². The molecule has 2 heterocycles. The van der Waals surface area contributed by atoms with Gasteiger partial charge >= 0.3 is 12.1 Å². The zero-order valence-corrected chi connectivity index (χ0v) is 18.3. The van der Waals surface area contributed by atoms with Crippen LogP contribution in [0.1, 0.15) is 58.8 Å². The summed E-state index contributed by atoms with van der Waals surface area (Å²) in [6.07, 6.45) is -0.159. The number of carbonyl (C=O) groups is 1. The summed E-state index contributed by atoms with van der Waals surface area (Å²) in [5.74, 6) is -0.547. The fraction of sp³-hybridized carbons (Fsp3) is 0.280. The predicted octanol–water partition coefficient (Wildman–Crippen LogP) is 6.04. The molecule has 0 unspecified atom stereocenters. The van der Waals surface area contributed by atoms with Crippen molar-refractivity contribution < 1.29 is 27.5 Å². The molecule has 176 valence electrons. The Kier molecular flexibility index (Phi) is 5.15. The number of hydrogen-bond donors (Lipinski definition) is 2. The lowest BCUT2D eigenvalue weighted by molar-refractivity contribution is -0.136. The number of fused-ring (bicyclic) bond motifs is 1.